The summed E-state index contributed by atoms with van der Waals surface area (Å²) in [6.07, 6.45) is 2.28. The molecule has 0 radical (unpaired) electrons. The molecule has 3 atom stereocenters. The Balaban J connectivity index is 1.65. The molecule has 0 saturated carbocycles. The Bertz CT molecular complexity index is 1160. The first-order chi connectivity index (χ1) is 20.0. The van der Waals surface area contributed by atoms with E-state index in [1.807, 2.05) is 13.0 Å². The molecule has 0 fully saturated rings. The van der Waals surface area contributed by atoms with E-state index >= 15 is 0 Å². The fourth-order valence-electron chi connectivity index (χ4n) is 5.63. The Kier molecular flexibility index (Phi) is 11.7. The number of allylic oxidation sites excluding steroid dienone is 1. The number of hydrogen-bond acceptors (Lipinski definition) is 8. The highest BCUT2D eigenvalue weighted by atomic mass is 16.7. The van der Waals surface area contributed by atoms with E-state index in [2.05, 4.69) is 42.5 Å². The molecule has 2 aliphatic rings. The summed E-state index contributed by atoms with van der Waals surface area (Å²) < 4.78 is 34.2. The topological polar surface area (TPSA) is 95.9 Å². The number of aliphatic hydroxyl groups excluding tert-OH is 1. The van der Waals surface area contributed by atoms with E-state index in [4.69, 9.17) is 33.5 Å². The lowest BCUT2D eigenvalue weighted by Gasteiger charge is -2.38. The third-order valence-electron chi connectivity index (χ3n) is 7.67. The number of ether oxygens (including phenoxy) is 6. The third-order valence-corrected chi connectivity index (χ3v) is 7.67. The van der Waals surface area contributed by atoms with Gasteiger partial charge in [-0.25, -0.2) is 0 Å². The number of carbonyl (C=O) groups is 1. The Morgan fingerprint density at radius 3 is 2.49 bits per heavy atom. The summed E-state index contributed by atoms with van der Waals surface area (Å²) in [4.78, 5) is 15.2. The number of methoxy groups -OCH3 is 2. The Morgan fingerprint density at radius 2 is 1.76 bits per heavy atom. The first kappa shape index (κ1) is 31.2. The number of carbonyl (C=O) groups excluding carboxylic acids is 1. The van der Waals surface area contributed by atoms with Crippen molar-refractivity contribution >= 4 is 5.91 Å². The minimum atomic E-state index is -0.628. The van der Waals surface area contributed by atoms with Gasteiger partial charge < -0.3 is 38.4 Å². The first-order valence-electron chi connectivity index (χ1n) is 14.3. The van der Waals surface area contributed by atoms with Gasteiger partial charge in [-0.1, -0.05) is 42.5 Å². The molecule has 9 heteroatoms. The molecule has 1 aliphatic heterocycles. The maximum absolute atomic E-state index is 13.6. The molecular weight excluding hydrogens is 526 g/mol. The van der Waals surface area contributed by atoms with Crippen molar-refractivity contribution in [3.63, 3.8) is 0 Å². The average molecular weight is 570 g/mol. The first-order valence-corrected chi connectivity index (χ1v) is 14.3. The lowest BCUT2D eigenvalue weighted by Crippen LogP contribution is -2.42. The van der Waals surface area contributed by atoms with Crippen molar-refractivity contribution < 1.29 is 38.3 Å². The van der Waals surface area contributed by atoms with Gasteiger partial charge in [-0.05, 0) is 53.7 Å². The number of likely N-dealkylation sites (N-methyl/N-ethyl adjacent to an activating group) is 1. The van der Waals surface area contributed by atoms with E-state index in [1.165, 1.54) is 27.8 Å². The van der Waals surface area contributed by atoms with Crippen molar-refractivity contribution in [1.82, 2.24) is 4.90 Å². The van der Waals surface area contributed by atoms with Crippen LogP contribution in [0.2, 0.25) is 0 Å². The van der Waals surface area contributed by atoms with Crippen LogP contribution >= 0.6 is 0 Å². The maximum atomic E-state index is 13.6. The molecule has 2 aromatic rings. The van der Waals surface area contributed by atoms with Gasteiger partial charge >= 0.3 is 0 Å². The smallest absolute Gasteiger partial charge is 0.288 e. The summed E-state index contributed by atoms with van der Waals surface area (Å²) in [5.74, 6) is -0.224. The maximum Gasteiger partial charge on any atom is 0.288 e. The molecule has 9 nitrogen and oxygen atoms in total. The average Bonchev–Trinajstić information content (AvgIpc) is 3.38. The number of fused-ring (bicyclic) bond motifs is 3. The van der Waals surface area contributed by atoms with Crippen LogP contribution in [-0.2, 0) is 39.6 Å². The zero-order chi connectivity index (χ0) is 29.2. The summed E-state index contributed by atoms with van der Waals surface area (Å²) in [5, 5.41) is 8.90. The second-order valence-corrected chi connectivity index (χ2v) is 10.2. The summed E-state index contributed by atoms with van der Waals surface area (Å²) in [7, 11) is 4.80. The summed E-state index contributed by atoms with van der Waals surface area (Å²) in [6.45, 7) is 4.22. The van der Waals surface area contributed by atoms with Crippen LogP contribution in [0.15, 0.2) is 54.3 Å². The van der Waals surface area contributed by atoms with Crippen LogP contribution in [0, 0.1) is 5.92 Å². The van der Waals surface area contributed by atoms with Gasteiger partial charge in [0.1, 0.15) is 0 Å². The van der Waals surface area contributed by atoms with Crippen LogP contribution in [0.5, 0.6) is 0 Å². The second-order valence-electron chi connectivity index (χ2n) is 10.2. The highest BCUT2D eigenvalue weighted by molar-refractivity contribution is 5.91. The van der Waals surface area contributed by atoms with Crippen LogP contribution in [0.25, 0.3) is 11.1 Å². The molecule has 2 aromatic carbocycles. The normalized spacial score (nSPS) is 19.5. The Labute approximate surface area is 242 Å². The SMILES string of the molecule is CCO[C@H]1OC(C(=O)N(C)CC(OC)OC)=C[C@@H](c2cccc3c2Cc2ccccc2-3)[C@@H]1CCOCCOCCO. The predicted octanol–water partition coefficient (Wildman–Crippen LogP) is 3.73. The van der Waals surface area contributed by atoms with E-state index in [0.717, 1.165) is 6.42 Å². The lowest BCUT2D eigenvalue weighted by molar-refractivity contribution is -0.174. The van der Waals surface area contributed by atoms with Crippen LogP contribution in [0.1, 0.15) is 36.0 Å². The molecule has 0 unspecified atom stereocenters. The molecule has 1 N–H and O–H groups in total. The van der Waals surface area contributed by atoms with Gasteiger partial charge in [0.2, 0.25) is 6.29 Å². The minimum absolute atomic E-state index is 0.0113. The van der Waals surface area contributed by atoms with Crippen LogP contribution in [0.3, 0.4) is 0 Å². The van der Waals surface area contributed by atoms with Gasteiger partial charge in [-0.15, -0.1) is 0 Å². The fraction of sp³-hybridized carbons (Fsp3) is 0.531. The van der Waals surface area contributed by atoms with Crippen molar-refractivity contribution in [3.8, 4) is 11.1 Å². The number of benzene rings is 2. The molecule has 0 aromatic heterocycles. The van der Waals surface area contributed by atoms with Crippen LogP contribution in [-0.4, -0.2) is 95.9 Å². The molecule has 4 rings (SSSR count). The third kappa shape index (κ3) is 7.54. The molecule has 224 valence electrons. The van der Waals surface area contributed by atoms with E-state index in [-0.39, 0.29) is 36.7 Å². The molecule has 0 saturated heterocycles. The largest absolute Gasteiger partial charge is 0.459 e. The van der Waals surface area contributed by atoms with Gasteiger partial charge in [0.15, 0.2) is 12.0 Å². The van der Waals surface area contributed by atoms with Crippen molar-refractivity contribution in [2.24, 2.45) is 5.92 Å². The minimum Gasteiger partial charge on any atom is -0.459 e. The number of hydrogen-bond donors (Lipinski definition) is 1. The summed E-state index contributed by atoms with van der Waals surface area (Å²) in [5.41, 5.74) is 6.23. The Morgan fingerprint density at radius 1 is 1.02 bits per heavy atom. The molecule has 1 aliphatic carbocycles. The van der Waals surface area contributed by atoms with Gasteiger partial charge in [-0.3, -0.25) is 4.79 Å². The van der Waals surface area contributed by atoms with Gasteiger partial charge in [0, 0.05) is 46.3 Å². The molecule has 0 spiro atoms. The molecule has 1 heterocycles. The number of aliphatic hydroxyl groups is 1. The number of amides is 1. The highest BCUT2D eigenvalue weighted by Gasteiger charge is 2.40. The van der Waals surface area contributed by atoms with Crippen LogP contribution < -0.4 is 0 Å². The molecular formula is C32H43NO8. The summed E-state index contributed by atoms with van der Waals surface area (Å²) in [6, 6.07) is 14.9. The van der Waals surface area contributed by atoms with Gasteiger partial charge in [0.05, 0.1) is 33.0 Å². The van der Waals surface area contributed by atoms with E-state index in [9.17, 15) is 4.79 Å². The van der Waals surface area contributed by atoms with E-state index in [0.29, 0.717) is 39.5 Å². The highest BCUT2D eigenvalue weighted by Crippen LogP contribution is 2.45. The van der Waals surface area contributed by atoms with E-state index < -0.39 is 12.6 Å². The predicted molar refractivity (Wildman–Crippen MR) is 154 cm³/mol. The Hall–Kier alpha value is -2.79. The van der Waals surface area contributed by atoms with Gasteiger partial charge in [0.25, 0.3) is 5.91 Å². The van der Waals surface area contributed by atoms with Crippen molar-refractivity contribution in [1.29, 1.82) is 0 Å². The monoisotopic (exact) mass is 569 g/mol. The van der Waals surface area contributed by atoms with Crippen molar-refractivity contribution in [3.05, 3.63) is 71.0 Å². The lowest BCUT2D eigenvalue weighted by atomic mass is 9.78. The van der Waals surface area contributed by atoms with Crippen molar-refractivity contribution in [2.45, 2.75) is 38.3 Å². The molecule has 0 bridgehead atoms. The van der Waals surface area contributed by atoms with Gasteiger partial charge in [-0.2, -0.15) is 0 Å². The standard InChI is InChI=1S/C32H43NO8/c1-5-40-32-26(13-15-38-17-18-39-16-14-34)28(20-29(41-32)31(35)33(2)21-30(36-3)37-4)25-12-8-11-24-23-10-7-6-9-22(23)19-27(24)25/h6-12,20,26,28,30,32,34H,5,13-19,21H2,1-4H3/t26-,28-,32-/m0/s1. The van der Waals surface area contributed by atoms with Crippen LogP contribution in [0.4, 0.5) is 0 Å². The fourth-order valence-corrected chi connectivity index (χ4v) is 5.63. The zero-order valence-corrected chi connectivity index (χ0v) is 24.5. The van der Waals surface area contributed by atoms with Crippen molar-refractivity contribution in [2.75, 3.05) is 67.5 Å². The number of nitrogens with zero attached hydrogens (tertiary/aromatic N) is 1. The summed E-state index contributed by atoms with van der Waals surface area (Å²) >= 11 is 0. The quantitative estimate of drug-likeness (QED) is 0.206. The second kappa shape index (κ2) is 15.4. The molecule has 1 amide bonds. The zero-order valence-electron chi connectivity index (χ0n) is 24.5. The number of rotatable bonds is 16. The van der Waals surface area contributed by atoms with E-state index in [1.54, 1.807) is 26.2 Å². The molecule has 41 heavy (non-hydrogen) atoms.